The van der Waals surface area contributed by atoms with Crippen LogP contribution in [0.1, 0.15) is 63.5 Å². The van der Waals surface area contributed by atoms with Crippen LogP contribution >= 0.6 is 8.60 Å². The summed E-state index contributed by atoms with van der Waals surface area (Å²) < 4.78 is 11.0. The van der Waals surface area contributed by atoms with Crippen LogP contribution in [0.3, 0.4) is 0 Å². The molecule has 2 atom stereocenters. The van der Waals surface area contributed by atoms with Gasteiger partial charge in [0.1, 0.15) is 11.5 Å². The lowest BCUT2D eigenvalue weighted by Gasteiger charge is -2.14. The molecule has 2 aromatic rings. The predicted octanol–water partition coefficient (Wildman–Crippen LogP) is 6.39. The van der Waals surface area contributed by atoms with Gasteiger partial charge in [0, 0.05) is 0 Å². The lowest BCUT2D eigenvalue weighted by Crippen LogP contribution is -1.96. The molecule has 0 saturated carbocycles. The molecular formula is C20H27O3P. The second-order valence-electron chi connectivity index (χ2n) is 6.18. The maximum Gasteiger partial charge on any atom is 0.460 e. The SMILES string of the molecule is CCC(C)c1ccc(OP(O)Oc2ccc(C(C)CC)cc2)cc1. The van der Waals surface area contributed by atoms with E-state index in [4.69, 9.17) is 9.05 Å². The number of rotatable bonds is 8. The minimum atomic E-state index is -1.99. The van der Waals surface area contributed by atoms with Crippen LogP contribution in [0.2, 0.25) is 0 Å². The van der Waals surface area contributed by atoms with Crippen LogP contribution in [-0.4, -0.2) is 4.89 Å². The second-order valence-corrected chi connectivity index (χ2v) is 7.02. The summed E-state index contributed by atoms with van der Waals surface area (Å²) in [5.74, 6) is 2.28. The van der Waals surface area contributed by atoms with Gasteiger partial charge in [-0.05, 0) is 60.1 Å². The Morgan fingerprint density at radius 3 is 1.38 bits per heavy atom. The van der Waals surface area contributed by atoms with Crippen molar-refractivity contribution >= 4 is 8.60 Å². The van der Waals surface area contributed by atoms with E-state index < -0.39 is 8.60 Å². The van der Waals surface area contributed by atoms with Gasteiger partial charge in [-0.25, -0.2) is 0 Å². The Labute approximate surface area is 146 Å². The van der Waals surface area contributed by atoms with Gasteiger partial charge in [-0.1, -0.05) is 52.0 Å². The van der Waals surface area contributed by atoms with Crippen LogP contribution in [0.15, 0.2) is 48.5 Å². The van der Waals surface area contributed by atoms with Crippen molar-refractivity contribution in [1.29, 1.82) is 0 Å². The zero-order valence-corrected chi connectivity index (χ0v) is 15.8. The zero-order chi connectivity index (χ0) is 17.5. The van der Waals surface area contributed by atoms with E-state index in [-0.39, 0.29) is 0 Å². The van der Waals surface area contributed by atoms with Crippen LogP contribution in [-0.2, 0) is 0 Å². The van der Waals surface area contributed by atoms with Crippen molar-refractivity contribution in [2.45, 2.75) is 52.4 Å². The summed E-state index contributed by atoms with van der Waals surface area (Å²) in [4.78, 5) is 10.0. The molecule has 0 radical (unpaired) electrons. The first-order valence-corrected chi connectivity index (χ1v) is 9.71. The molecule has 0 bridgehead atoms. The Morgan fingerprint density at radius 2 is 1.08 bits per heavy atom. The van der Waals surface area contributed by atoms with Crippen molar-refractivity contribution < 1.29 is 13.9 Å². The van der Waals surface area contributed by atoms with E-state index in [0.717, 1.165) is 12.8 Å². The highest BCUT2D eigenvalue weighted by Crippen LogP contribution is 2.37. The van der Waals surface area contributed by atoms with Crippen LogP contribution in [0, 0.1) is 0 Å². The molecule has 0 aromatic heterocycles. The van der Waals surface area contributed by atoms with Gasteiger partial charge >= 0.3 is 8.60 Å². The summed E-state index contributed by atoms with van der Waals surface area (Å²) >= 11 is 0. The van der Waals surface area contributed by atoms with E-state index in [1.165, 1.54) is 11.1 Å². The van der Waals surface area contributed by atoms with Crippen LogP contribution < -0.4 is 9.05 Å². The van der Waals surface area contributed by atoms with Gasteiger partial charge in [-0.3, -0.25) is 0 Å². The molecule has 2 unspecified atom stereocenters. The van der Waals surface area contributed by atoms with E-state index in [2.05, 4.69) is 27.7 Å². The van der Waals surface area contributed by atoms with Crippen LogP contribution in [0.4, 0.5) is 0 Å². The normalized spacial score (nSPS) is 14.7. The van der Waals surface area contributed by atoms with Crippen molar-refractivity contribution in [3.63, 3.8) is 0 Å². The molecule has 4 heteroatoms. The lowest BCUT2D eigenvalue weighted by molar-refractivity contribution is 0.381. The Balaban J connectivity index is 1.91. The van der Waals surface area contributed by atoms with Crippen LogP contribution in [0.5, 0.6) is 11.5 Å². The number of benzene rings is 2. The van der Waals surface area contributed by atoms with Gasteiger partial charge in [0.05, 0.1) is 0 Å². The molecule has 2 rings (SSSR count). The first-order chi connectivity index (χ1) is 11.5. The van der Waals surface area contributed by atoms with Crippen molar-refractivity contribution in [3.8, 4) is 11.5 Å². The van der Waals surface area contributed by atoms with Gasteiger partial charge in [0.25, 0.3) is 0 Å². The Hall–Kier alpha value is -1.57. The van der Waals surface area contributed by atoms with E-state index in [0.29, 0.717) is 23.3 Å². The van der Waals surface area contributed by atoms with Gasteiger partial charge < -0.3 is 13.9 Å². The average Bonchev–Trinajstić information content (AvgIpc) is 2.61. The maximum absolute atomic E-state index is 10.0. The predicted molar refractivity (Wildman–Crippen MR) is 101 cm³/mol. The van der Waals surface area contributed by atoms with E-state index in [9.17, 15) is 4.89 Å². The van der Waals surface area contributed by atoms with Crippen LogP contribution in [0.25, 0.3) is 0 Å². The third kappa shape index (κ3) is 5.22. The number of hydrogen-bond donors (Lipinski definition) is 1. The molecule has 0 amide bonds. The van der Waals surface area contributed by atoms with Crippen molar-refractivity contribution in [2.24, 2.45) is 0 Å². The monoisotopic (exact) mass is 346 g/mol. The molecule has 0 aliphatic rings. The van der Waals surface area contributed by atoms with Gasteiger partial charge in [0.15, 0.2) is 0 Å². The standard InChI is InChI=1S/C20H27O3P/c1-5-15(3)17-7-11-19(12-8-17)22-24(21)23-20-13-9-18(10-14-20)16(4)6-2/h7-16,21H,5-6H2,1-4H3. The van der Waals surface area contributed by atoms with Gasteiger partial charge in [0.2, 0.25) is 0 Å². The second kappa shape index (κ2) is 9.05. The minimum absolute atomic E-state index is 0.523. The fourth-order valence-electron chi connectivity index (χ4n) is 2.38. The quantitative estimate of drug-likeness (QED) is 0.563. The largest absolute Gasteiger partial charge is 0.460 e. The number of hydrogen-bond acceptors (Lipinski definition) is 3. The minimum Gasteiger partial charge on any atom is -0.418 e. The molecule has 24 heavy (non-hydrogen) atoms. The molecule has 0 aliphatic heterocycles. The smallest absolute Gasteiger partial charge is 0.418 e. The highest BCUT2D eigenvalue weighted by molar-refractivity contribution is 7.41. The molecule has 0 saturated heterocycles. The molecule has 0 aliphatic carbocycles. The highest BCUT2D eigenvalue weighted by Gasteiger charge is 2.12. The maximum atomic E-state index is 10.0. The molecule has 130 valence electrons. The van der Waals surface area contributed by atoms with E-state index >= 15 is 0 Å². The third-order valence-corrected chi connectivity index (χ3v) is 5.22. The topological polar surface area (TPSA) is 38.7 Å². The third-order valence-electron chi connectivity index (χ3n) is 4.49. The summed E-state index contributed by atoms with van der Waals surface area (Å²) in [6, 6.07) is 15.7. The summed E-state index contributed by atoms with van der Waals surface area (Å²) in [5, 5.41) is 0. The molecule has 2 aromatic carbocycles. The van der Waals surface area contributed by atoms with Crippen molar-refractivity contribution in [3.05, 3.63) is 59.7 Å². The average molecular weight is 346 g/mol. The zero-order valence-electron chi connectivity index (χ0n) is 14.9. The van der Waals surface area contributed by atoms with Gasteiger partial charge in [-0.15, -0.1) is 0 Å². The first-order valence-electron chi connectivity index (χ1n) is 8.58. The lowest BCUT2D eigenvalue weighted by atomic mass is 9.99. The Bertz CT molecular complexity index is 554. The van der Waals surface area contributed by atoms with Crippen molar-refractivity contribution in [1.82, 2.24) is 0 Å². The molecule has 0 spiro atoms. The summed E-state index contributed by atoms with van der Waals surface area (Å²) in [5.41, 5.74) is 2.54. The summed E-state index contributed by atoms with van der Waals surface area (Å²) in [6.45, 7) is 8.73. The highest BCUT2D eigenvalue weighted by atomic mass is 31.2. The van der Waals surface area contributed by atoms with Crippen molar-refractivity contribution in [2.75, 3.05) is 0 Å². The molecular weight excluding hydrogens is 319 g/mol. The summed E-state index contributed by atoms with van der Waals surface area (Å²) in [7, 11) is -1.99. The molecule has 0 heterocycles. The fraction of sp³-hybridized carbons (Fsp3) is 0.400. The van der Waals surface area contributed by atoms with E-state index in [1.807, 2.05) is 48.5 Å². The Morgan fingerprint density at radius 1 is 0.750 bits per heavy atom. The Kier molecular flexibility index (Phi) is 7.08. The van der Waals surface area contributed by atoms with Gasteiger partial charge in [-0.2, -0.15) is 0 Å². The fourth-order valence-corrected chi connectivity index (χ4v) is 3.03. The molecule has 3 nitrogen and oxygen atoms in total. The molecule has 0 fully saturated rings. The summed E-state index contributed by atoms with van der Waals surface area (Å²) in [6.07, 6.45) is 2.20. The first kappa shape index (κ1) is 18.8. The molecule has 1 N–H and O–H groups in total. The van der Waals surface area contributed by atoms with E-state index in [1.54, 1.807) is 0 Å².